The molecule has 0 unspecified atom stereocenters. The Morgan fingerprint density at radius 1 is 1.21 bits per heavy atom. The summed E-state index contributed by atoms with van der Waals surface area (Å²) in [5.74, 6) is 0.391. The molecule has 2 aromatic carbocycles. The van der Waals surface area contributed by atoms with Crippen LogP contribution in [0.15, 0.2) is 48.5 Å². The lowest BCUT2D eigenvalue weighted by Crippen LogP contribution is -2.24. The molecule has 2 aromatic rings. The lowest BCUT2D eigenvalue weighted by molar-refractivity contribution is 0.0670. The standard InChI is InChI=1S/C19H20ClNO3/c20-17-9-3-1-6-14(17)12-21-19(22)16-8-2-4-10-18(16)24-13-15-7-5-11-23-15/h1-4,6,8-10,15H,5,7,11-13H2,(H,21,22)/t15-/m1/s1. The van der Waals surface area contributed by atoms with Gasteiger partial charge in [0, 0.05) is 18.2 Å². The number of halogens is 1. The molecular formula is C19H20ClNO3. The average molecular weight is 346 g/mol. The van der Waals surface area contributed by atoms with Crippen molar-refractivity contribution >= 4 is 17.5 Å². The summed E-state index contributed by atoms with van der Waals surface area (Å²) in [4.78, 5) is 12.5. The van der Waals surface area contributed by atoms with Crippen LogP contribution in [0.4, 0.5) is 0 Å². The van der Waals surface area contributed by atoms with Crippen molar-refractivity contribution < 1.29 is 14.3 Å². The summed E-state index contributed by atoms with van der Waals surface area (Å²) in [5, 5.41) is 3.53. The minimum absolute atomic E-state index is 0.115. The van der Waals surface area contributed by atoms with Crippen LogP contribution in [0, 0.1) is 0 Å². The van der Waals surface area contributed by atoms with Crippen molar-refractivity contribution in [3.8, 4) is 5.75 Å². The number of benzene rings is 2. The van der Waals surface area contributed by atoms with Crippen LogP contribution in [-0.2, 0) is 11.3 Å². The van der Waals surface area contributed by atoms with Crippen molar-refractivity contribution in [1.82, 2.24) is 5.32 Å². The van der Waals surface area contributed by atoms with Crippen LogP contribution < -0.4 is 10.1 Å². The summed E-state index contributed by atoms with van der Waals surface area (Å²) in [6.45, 7) is 1.63. The highest BCUT2D eigenvalue weighted by atomic mass is 35.5. The van der Waals surface area contributed by atoms with E-state index in [9.17, 15) is 4.79 Å². The van der Waals surface area contributed by atoms with Crippen molar-refractivity contribution in [1.29, 1.82) is 0 Å². The lowest BCUT2D eigenvalue weighted by atomic mass is 10.1. The third-order valence-electron chi connectivity index (χ3n) is 3.98. The van der Waals surface area contributed by atoms with Gasteiger partial charge in [-0.1, -0.05) is 41.9 Å². The molecule has 0 bridgehead atoms. The molecule has 1 heterocycles. The van der Waals surface area contributed by atoms with E-state index in [1.165, 1.54) is 0 Å². The van der Waals surface area contributed by atoms with E-state index in [0.29, 0.717) is 29.5 Å². The van der Waals surface area contributed by atoms with Gasteiger partial charge in [0.25, 0.3) is 5.91 Å². The van der Waals surface area contributed by atoms with Crippen LogP contribution >= 0.6 is 11.6 Å². The first-order valence-electron chi connectivity index (χ1n) is 8.09. The Labute approximate surface area is 146 Å². The number of carbonyl (C=O) groups excluding carboxylic acids is 1. The van der Waals surface area contributed by atoms with Crippen molar-refractivity contribution in [2.45, 2.75) is 25.5 Å². The number of ether oxygens (including phenoxy) is 2. The fourth-order valence-corrected chi connectivity index (χ4v) is 2.85. The summed E-state index contributed by atoms with van der Waals surface area (Å²) < 4.78 is 11.4. The van der Waals surface area contributed by atoms with Crippen LogP contribution in [0.25, 0.3) is 0 Å². The molecule has 0 saturated carbocycles. The van der Waals surface area contributed by atoms with E-state index in [4.69, 9.17) is 21.1 Å². The minimum Gasteiger partial charge on any atom is -0.490 e. The molecule has 24 heavy (non-hydrogen) atoms. The molecule has 0 spiro atoms. The molecular weight excluding hydrogens is 326 g/mol. The van der Waals surface area contributed by atoms with Gasteiger partial charge in [0.05, 0.1) is 11.7 Å². The van der Waals surface area contributed by atoms with Gasteiger partial charge in [-0.3, -0.25) is 4.79 Å². The Hall–Kier alpha value is -2.04. The number of para-hydroxylation sites is 1. The summed E-state index contributed by atoms with van der Waals surface area (Å²) >= 11 is 6.12. The normalized spacial score (nSPS) is 16.8. The minimum atomic E-state index is -0.183. The van der Waals surface area contributed by atoms with Gasteiger partial charge in [-0.2, -0.15) is 0 Å². The Morgan fingerprint density at radius 3 is 2.79 bits per heavy atom. The summed E-state index contributed by atoms with van der Waals surface area (Å²) in [6.07, 6.45) is 2.18. The predicted octanol–water partition coefficient (Wildman–Crippen LogP) is 3.83. The second-order valence-corrected chi connectivity index (χ2v) is 6.12. The molecule has 1 amide bonds. The molecule has 1 saturated heterocycles. The van der Waals surface area contributed by atoms with Gasteiger partial charge < -0.3 is 14.8 Å². The molecule has 0 radical (unpaired) electrons. The summed E-state index contributed by atoms with van der Waals surface area (Å²) in [5.41, 5.74) is 1.40. The molecule has 1 fully saturated rings. The van der Waals surface area contributed by atoms with E-state index >= 15 is 0 Å². The van der Waals surface area contributed by atoms with Crippen LogP contribution in [-0.4, -0.2) is 25.2 Å². The molecule has 4 nitrogen and oxygen atoms in total. The number of nitrogens with one attached hydrogen (secondary N) is 1. The maximum Gasteiger partial charge on any atom is 0.255 e. The molecule has 1 atom stereocenters. The van der Waals surface area contributed by atoms with Crippen LogP contribution in [0.5, 0.6) is 5.75 Å². The van der Waals surface area contributed by atoms with Crippen molar-refractivity contribution in [2.24, 2.45) is 0 Å². The van der Waals surface area contributed by atoms with Crippen LogP contribution in [0.2, 0.25) is 5.02 Å². The lowest BCUT2D eigenvalue weighted by Gasteiger charge is -2.14. The van der Waals surface area contributed by atoms with Crippen molar-refractivity contribution in [2.75, 3.05) is 13.2 Å². The topological polar surface area (TPSA) is 47.6 Å². The van der Waals surface area contributed by atoms with Crippen LogP contribution in [0.3, 0.4) is 0 Å². The molecule has 1 aliphatic rings. The van der Waals surface area contributed by atoms with Gasteiger partial charge in [-0.05, 0) is 36.6 Å². The smallest absolute Gasteiger partial charge is 0.255 e. The second-order valence-electron chi connectivity index (χ2n) is 5.72. The van der Waals surface area contributed by atoms with Gasteiger partial charge in [0.2, 0.25) is 0 Å². The maximum atomic E-state index is 12.5. The highest BCUT2D eigenvalue weighted by Gasteiger charge is 2.18. The van der Waals surface area contributed by atoms with Crippen molar-refractivity contribution in [3.05, 3.63) is 64.7 Å². The van der Waals surface area contributed by atoms with Crippen LogP contribution in [0.1, 0.15) is 28.8 Å². The monoisotopic (exact) mass is 345 g/mol. The van der Waals surface area contributed by atoms with Crippen molar-refractivity contribution in [3.63, 3.8) is 0 Å². The number of carbonyl (C=O) groups is 1. The molecule has 5 heteroatoms. The molecule has 1 aliphatic heterocycles. The molecule has 0 aliphatic carbocycles. The van der Waals surface area contributed by atoms with Gasteiger partial charge in [0.15, 0.2) is 0 Å². The SMILES string of the molecule is O=C(NCc1ccccc1Cl)c1ccccc1OC[C@H]1CCCO1. The number of hydrogen-bond donors (Lipinski definition) is 1. The average Bonchev–Trinajstić information content (AvgIpc) is 3.13. The molecule has 126 valence electrons. The van der Waals surface area contributed by atoms with Gasteiger partial charge in [0.1, 0.15) is 12.4 Å². The largest absolute Gasteiger partial charge is 0.490 e. The Morgan fingerprint density at radius 2 is 2.00 bits per heavy atom. The molecule has 3 rings (SSSR count). The summed E-state index contributed by atoms with van der Waals surface area (Å²) in [7, 11) is 0. The summed E-state index contributed by atoms with van der Waals surface area (Å²) in [6, 6.07) is 14.7. The van der Waals surface area contributed by atoms with Gasteiger partial charge in [-0.25, -0.2) is 0 Å². The number of amides is 1. The first kappa shape index (κ1) is 16.8. The van der Waals surface area contributed by atoms with Gasteiger partial charge >= 0.3 is 0 Å². The molecule has 0 aromatic heterocycles. The predicted molar refractivity (Wildman–Crippen MR) is 93.5 cm³/mol. The van der Waals surface area contributed by atoms with E-state index in [1.807, 2.05) is 36.4 Å². The van der Waals surface area contributed by atoms with Gasteiger partial charge in [-0.15, -0.1) is 0 Å². The van der Waals surface area contributed by atoms with E-state index < -0.39 is 0 Å². The third kappa shape index (κ3) is 4.28. The highest BCUT2D eigenvalue weighted by Crippen LogP contribution is 2.21. The Kier molecular flexibility index (Phi) is 5.72. The first-order valence-corrected chi connectivity index (χ1v) is 8.47. The second kappa shape index (κ2) is 8.18. The highest BCUT2D eigenvalue weighted by molar-refractivity contribution is 6.31. The number of rotatable bonds is 6. The fraction of sp³-hybridized carbons (Fsp3) is 0.316. The Balaban J connectivity index is 1.62. The maximum absolute atomic E-state index is 12.5. The zero-order chi connectivity index (χ0) is 16.8. The number of hydrogen-bond acceptors (Lipinski definition) is 3. The zero-order valence-electron chi connectivity index (χ0n) is 13.3. The fourth-order valence-electron chi connectivity index (χ4n) is 2.65. The quantitative estimate of drug-likeness (QED) is 0.865. The van der Waals surface area contributed by atoms with E-state index in [1.54, 1.807) is 12.1 Å². The van der Waals surface area contributed by atoms with E-state index in [0.717, 1.165) is 25.0 Å². The third-order valence-corrected chi connectivity index (χ3v) is 4.35. The zero-order valence-corrected chi connectivity index (χ0v) is 14.1. The first-order chi connectivity index (χ1) is 11.7. The Bertz CT molecular complexity index is 699. The van der Waals surface area contributed by atoms with E-state index in [-0.39, 0.29) is 12.0 Å². The van der Waals surface area contributed by atoms with E-state index in [2.05, 4.69) is 5.32 Å². The molecule has 1 N–H and O–H groups in total.